The third-order valence-corrected chi connectivity index (χ3v) is 7.16. The maximum Gasteiger partial charge on any atom is 0.225 e. The molecule has 4 rings (SSSR count). The Labute approximate surface area is 204 Å². The summed E-state index contributed by atoms with van der Waals surface area (Å²) in [4.78, 5) is 27.9. The summed E-state index contributed by atoms with van der Waals surface area (Å²) in [7, 11) is 0. The first-order valence-corrected chi connectivity index (χ1v) is 12.9. The fraction of sp³-hybridized carbons (Fsp3) is 0.483. The van der Waals surface area contributed by atoms with Crippen molar-refractivity contribution in [3.8, 4) is 11.3 Å². The molecule has 0 saturated carbocycles. The molecule has 2 heterocycles. The van der Waals surface area contributed by atoms with Gasteiger partial charge in [-0.1, -0.05) is 57.0 Å². The van der Waals surface area contributed by atoms with Crippen LogP contribution in [0.15, 0.2) is 42.5 Å². The number of amides is 1. The van der Waals surface area contributed by atoms with Gasteiger partial charge in [-0.3, -0.25) is 4.79 Å². The van der Waals surface area contributed by atoms with Gasteiger partial charge in [0.15, 0.2) is 5.82 Å². The average molecular weight is 459 g/mol. The molecule has 0 unspecified atom stereocenters. The number of aromatic nitrogens is 2. The van der Waals surface area contributed by atoms with Gasteiger partial charge in [-0.15, -0.1) is 0 Å². The second-order valence-electron chi connectivity index (χ2n) is 9.60. The van der Waals surface area contributed by atoms with Gasteiger partial charge in [0.05, 0.1) is 11.0 Å². The van der Waals surface area contributed by atoms with E-state index in [1.165, 1.54) is 11.1 Å². The lowest BCUT2D eigenvalue weighted by molar-refractivity contribution is -0.135. The Morgan fingerprint density at radius 3 is 2.32 bits per heavy atom. The molecule has 5 heteroatoms. The van der Waals surface area contributed by atoms with E-state index in [0.717, 1.165) is 86.4 Å². The van der Waals surface area contributed by atoms with Crippen molar-refractivity contribution in [3.63, 3.8) is 0 Å². The fourth-order valence-electron chi connectivity index (χ4n) is 4.87. The molecule has 1 aliphatic heterocycles. The van der Waals surface area contributed by atoms with Crippen LogP contribution >= 0.6 is 0 Å². The number of carbonyl (C=O) groups excluding carboxylic acids is 1. The van der Waals surface area contributed by atoms with Gasteiger partial charge in [-0.2, -0.15) is 0 Å². The van der Waals surface area contributed by atoms with Crippen LogP contribution in [0, 0.1) is 19.8 Å². The van der Waals surface area contributed by atoms with Gasteiger partial charge >= 0.3 is 0 Å². The van der Waals surface area contributed by atoms with Gasteiger partial charge in [0, 0.05) is 37.7 Å². The van der Waals surface area contributed by atoms with Gasteiger partial charge in [0.25, 0.3) is 0 Å². The number of benzene rings is 2. The molecule has 5 nitrogen and oxygen atoms in total. The molecular formula is C29H38N4O. The number of hydrogen-bond acceptors (Lipinski definition) is 4. The number of unbranched alkanes of at least 4 members (excludes halogenated alkanes) is 1. The molecular weight excluding hydrogens is 420 g/mol. The summed E-state index contributed by atoms with van der Waals surface area (Å²) in [5.41, 5.74) is 6.31. The number of carbonyl (C=O) groups is 1. The highest BCUT2D eigenvalue weighted by atomic mass is 16.2. The van der Waals surface area contributed by atoms with Crippen LogP contribution in [0.4, 0.5) is 5.82 Å². The Morgan fingerprint density at radius 2 is 1.65 bits per heavy atom. The zero-order valence-corrected chi connectivity index (χ0v) is 21.2. The van der Waals surface area contributed by atoms with Gasteiger partial charge < -0.3 is 9.80 Å². The van der Waals surface area contributed by atoms with Gasteiger partial charge in [-0.05, 0) is 56.4 Å². The number of nitrogens with zero attached hydrogens (tertiary/aromatic N) is 4. The zero-order valence-electron chi connectivity index (χ0n) is 21.2. The second-order valence-corrected chi connectivity index (χ2v) is 9.60. The van der Waals surface area contributed by atoms with Crippen molar-refractivity contribution in [2.75, 3.05) is 31.1 Å². The van der Waals surface area contributed by atoms with Crippen LogP contribution in [0.2, 0.25) is 0 Å². The lowest BCUT2D eigenvalue weighted by atomic mass is 9.97. The van der Waals surface area contributed by atoms with Crippen LogP contribution in [0.5, 0.6) is 0 Å². The molecule has 1 aliphatic rings. The third kappa shape index (κ3) is 5.24. The number of anilines is 1. The monoisotopic (exact) mass is 458 g/mol. The largest absolute Gasteiger partial charge is 0.353 e. The summed E-state index contributed by atoms with van der Waals surface area (Å²) < 4.78 is 0. The Bertz CT molecular complexity index is 1130. The van der Waals surface area contributed by atoms with E-state index in [4.69, 9.17) is 9.97 Å². The van der Waals surface area contributed by atoms with Crippen LogP contribution < -0.4 is 4.90 Å². The predicted molar refractivity (Wildman–Crippen MR) is 141 cm³/mol. The number of rotatable bonds is 7. The average Bonchev–Trinajstić information content (AvgIpc) is 3.11. The first kappa shape index (κ1) is 24.2. The van der Waals surface area contributed by atoms with E-state index in [2.05, 4.69) is 73.9 Å². The van der Waals surface area contributed by atoms with Crippen LogP contribution in [-0.4, -0.2) is 47.0 Å². The van der Waals surface area contributed by atoms with Gasteiger partial charge in [0.1, 0.15) is 5.69 Å². The summed E-state index contributed by atoms with van der Waals surface area (Å²) in [6.07, 6.45) is 5.12. The zero-order chi connectivity index (χ0) is 24.1. The summed E-state index contributed by atoms with van der Waals surface area (Å²) >= 11 is 0. The SMILES string of the molecule is CCCC[C@H](CC)C(=O)N1CCCN(c2nc3cc(C)c(C)cc3nc2-c2ccccc2)CC1. The second kappa shape index (κ2) is 11.0. The normalized spacial score (nSPS) is 15.4. The Morgan fingerprint density at radius 1 is 0.941 bits per heavy atom. The van der Waals surface area contributed by atoms with Crippen molar-refractivity contribution >= 4 is 22.8 Å². The van der Waals surface area contributed by atoms with Crippen molar-refractivity contribution in [1.82, 2.24) is 14.9 Å². The lowest BCUT2D eigenvalue weighted by Crippen LogP contribution is -2.39. The standard InChI is InChI=1S/C29H38N4O/c1-5-7-12-23(6-2)29(34)33-16-11-15-32(17-18-33)28-27(24-13-9-8-10-14-24)30-25-19-21(3)22(4)20-26(25)31-28/h8-10,13-14,19-20,23H,5-7,11-12,15-18H2,1-4H3/t23-/m0/s1. The highest BCUT2D eigenvalue weighted by molar-refractivity contribution is 5.85. The van der Waals surface area contributed by atoms with E-state index < -0.39 is 0 Å². The van der Waals surface area contributed by atoms with Gasteiger partial charge in [0.2, 0.25) is 5.91 Å². The molecule has 34 heavy (non-hydrogen) atoms. The maximum atomic E-state index is 13.2. The number of fused-ring (bicyclic) bond motifs is 1. The predicted octanol–water partition coefficient (Wildman–Crippen LogP) is 6.17. The van der Waals surface area contributed by atoms with E-state index >= 15 is 0 Å². The minimum absolute atomic E-state index is 0.151. The number of hydrogen-bond donors (Lipinski definition) is 0. The molecule has 1 saturated heterocycles. The maximum absolute atomic E-state index is 13.2. The molecule has 180 valence electrons. The number of aryl methyl sites for hydroxylation is 2. The van der Waals surface area contributed by atoms with E-state index in [-0.39, 0.29) is 5.92 Å². The van der Waals surface area contributed by atoms with Crippen LogP contribution in [0.3, 0.4) is 0 Å². The van der Waals surface area contributed by atoms with Crippen molar-refractivity contribution < 1.29 is 4.79 Å². The molecule has 0 N–H and O–H groups in total. The Hall–Kier alpha value is -2.95. The molecule has 1 fully saturated rings. The first-order chi connectivity index (χ1) is 16.5. The van der Waals surface area contributed by atoms with E-state index in [0.29, 0.717) is 5.91 Å². The molecule has 1 amide bonds. The molecule has 0 radical (unpaired) electrons. The molecule has 2 aromatic carbocycles. The van der Waals surface area contributed by atoms with Crippen LogP contribution in [-0.2, 0) is 4.79 Å². The first-order valence-electron chi connectivity index (χ1n) is 12.9. The van der Waals surface area contributed by atoms with Crippen LogP contribution in [0.25, 0.3) is 22.3 Å². The molecule has 1 atom stereocenters. The van der Waals surface area contributed by atoms with E-state index in [1.54, 1.807) is 0 Å². The minimum atomic E-state index is 0.151. The highest BCUT2D eigenvalue weighted by Crippen LogP contribution is 2.31. The Kier molecular flexibility index (Phi) is 7.81. The summed E-state index contributed by atoms with van der Waals surface area (Å²) in [5, 5.41) is 0. The van der Waals surface area contributed by atoms with Crippen LogP contribution in [0.1, 0.15) is 57.1 Å². The molecule has 0 aliphatic carbocycles. The molecule has 1 aromatic heterocycles. The van der Waals surface area contributed by atoms with Crippen molar-refractivity contribution in [1.29, 1.82) is 0 Å². The summed E-state index contributed by atoms with van der Waals surface area (Å²) in [6, 6.07) is 14.6. The van der Waals surface area contributed by atoms with Crippen molar-refractivity contribution in [2.45, 2.75) is 59.8 Å². The topological polar surface area (TPSA) is 49.3 Å². The third-order valence-electron chi connectivity index (χ3n) is 7.16. The highest BCUT2D eigenvalue weighted by Gasteiger charge is 2.26. The molecule has 0 spiro atoms. The van der Waals surface area contributed by atoms with E-state index in [1.807, 2.05) is 6.07 Å². The molecule has 3 aromatic rings. The van der Waals surface area contributed by atoms with E-state index in [9.17, 15) is 4.79 Å². The van der Waals surface area contributed by atoms with Crippen molar-refractivity contribution in [2.24, 2.45) is 5.92 Å². The minimum Gasteiger partial charge on any atom is -0.353 e. The lowest BCUT2D eigenvalue weighted by Gasteiger charge is -2.27. The quantitative estimate of drug-likeness (QED) is 0.425. The fourth-order valence-corrected chi connectivity index (χ4v) is 4.87. The summed E-state index contributed by atoms with van der Waals surface area (Å²) in [5.74, 6) is 1.41. The summed E-state index contributed by atoms with van der Waals surface area (Å²) in [6.45, 7) is 11.8. The van der Waals surface area contributed by atoms with Gasteiger partial charge in [-0.25, -0.2) is 9.97 Å². The smallest absolute Gasteiger partial charge is 0.225 e. The molecule has 0 bridgehead atoms. The Balaban J connectivity index is 1.65. The van der Waals surface area contributed by atoms with Crippen molar-refractivity contribution in [3.05, 3.63) is 53.6 Å².